The minimum absolute atomic E-state index is 0.00641. The molecule has 1 N–H and O–H groups in total. The summed E-state index contributed by atoms with van der Waals surface area (Å²) in [4.78, 5) is 16.9. The van der Waals surface area contributed by atoms with Crippen LogP contribution >= 0.6 is 0 Å². The maximum atomic E-state index is 12.7. The summed E-state index contributed by atoms with van der Waals surface area (Å²) in [5.74, 6) is 0.174. The van der Waals surface area contributed by atoms with Crippen LogP contribution in [0.4, 0.5) is 5.69 Å². The van der Waals surface area contributed by atoms with E-state index in [1.54, 1.807) is 24.3 Å². The van der Waals surface area contributed by atoms with E-state index in [1.165, 1.54) is 6.92 Å². The van der Waals surface area contributed by atoms with Gasteiger partial charge in [0, 0.05) is 5.56 Å². The van der Waals surface area contributed by atoms with Crippen LogP contribution in [-0.2, 0) is 21.4 Å². The molecule has 158 valence electrons. The fourth-order valence-corrected chi connectivity index (χ4v) is 4.13. The van der Waals surface area contributed by atoms with E-state index in [4.69, 9.17) is 4.52 Å². The van der Waals surface area contributed by atoms with E-state index in [-0.39, 0.29) is 12.4 Å². The van der Waals surface area contributed by atoms with Crippen LogP contribution < -0.4 is 9.62 Å². The molecule has 30 heavy (non-hydrogen) atoms. The summed E-state index contributed by atoms with van der Waals surface area (Å²) >= 11 is 0. The number of benzene rings is 2. The van der Waals surface area contributed by atoms with E-state index in [0.29, 0.717) is 11.5 Å². The number of hydrogen-bond acceptors (Lipinski definition) is 6. The summed E-state index contributed by atoms with van der Waals surface area (Å²) in [6.45, 7) is 5.41. The number of carbonyl (C=O) groups is 1. The second-order valence-corrected chi connectivity index (χ2v) is 9.03. The molecule has 0 bridgehead atoms. The fraction of sp³-hybridized carbons (Fsp3) is 0.286. The number of aromatic nitrogens is 2. The van der Waals surface area contributed by atoms with Crippen LogP contribution in [0.25, 0.3) is 11.4 Å². The lowest BCUT2D eigenvalue weighted by Crippen LogP contribution is -2.47. The Kier molecular flexibility index (Phi) is 6.21. The van der Waals surface area contributed by atoms with E-state index in [1.807, 2.05) is 38.1 Å². The average molecular weight is 429 g/mol. The highest BCUT2D eigenvalue weighted by Gasteiger charge is 2.29. The zero-order valence-electron chi connectivity index (χ0n) is 17.3. The van der Waals surface area contributed by atoms with Crippen molar-refractivity contribution in [3.8, 4) is 11.4 Å². The van der Waals surface area contributed by atoms with Crippen LogP contribution in [-0.4, -0.2) is 36.8 Å². The molecule has 9 heteroatoms. The molecule has 0 spiro atoms. The van der Waals surface area contributed by atoms with Crippen molar-refractivity contribution in [1.82, 2.24) is 15.5 Å². The summed E-state index contributed by atoms with van der Waals surface area (Å²) in [7, 11) is -3.67. The van der Waals surface area contributed by atoms with Crippen molar-refractivity contribution in [2.75, 3.05) is 10.6 Å². The maximum absolute atomic E-state index is 12.7. The van der Waals surface area contributed by atoms with Gasteiger partial charge in [0.1, 0.15) is 6.04 Å². The Bertz CT molecular complexity index is 1120. The molecule has 0 aliphatic heterocycles. The van der Waals surface area contributed by atoms with Gasteiger partial charge in [-0.3, -0.25) is 9.10 Å². The smallest absolute Gasteiger partial charge is 0.246 e. The highest BCUT2D eigenvalue weighted by Crippen LogP contribution is 2.21. The first kappa shape index (κ1) is 21.5. The van der Waals surface area contributed by atoms with Crippen molar-refractivity contribution in [2.24, 2.45) is 0 Å². The highest BCUT2D eigenvalue weighted by atomic mass is 32.2. The molecule has 1 atom stereocenters. The van der Waals surface area contributed by atoms with Gasteiger partial charge >= 0.3 is 0 Å². The monoisotopic (exact) mass is 428 g/mol. The topological polar surface area (TPSA) is 105 Å². The van der Waals surface area contributed by atoms with Crippen LogP contribution in [0.15, 0.2) is 53.1 Å². The number of anilines is 1. The molecule has 2 aromatic carbocycles. The van der Waals surface area contributed by atoms with Gasteiger partial charge in [0.15, 0.2) is 0 Å². The van der Waals surface area contributed by atoms with Gasteiger partial charge in [0.2, 0.25) is 27.6 Å². The Morgan fingerprint density at radius 3 is 2.20 bits per heavy atom. The lowest BCUT2D eigenvalue weighted by Gasteiger charge is -2.28. The number of amides is 1. The summed E-state index contributed by atoms with van der Waals surface area (Å²) in [5, 5.41) is 6.59. The molecule has 3 aromatic rings. The van der Waals surface area contributed by atoms with Gasteiger partial charge in [-0.2, -0.15) is 4.98 Å². The van der Waals surface area contributed by atoms with Gasteiger partial charge in [0.05, 0.1) is 18.5 Å². The SMILES string of the molecule is Cc1ccc(-c2noc(CNC(=O)[C@@H](C)N(c3ccc(C)cc3)S(C)(=O)=O)n2)cc1. The summed E-state index contributed by atoms with van der Waals surface area (Å²) in [5.41, 5.74) is 3.33. The van der Waals surface area contributed by atoms with Crippen molar-refractivity contribution < 1.29 is 17.7 Å². The normalized spacial score (nSPS) is 12.4. The molecule has 8 nitrogen and oxygen atoms in total. The van der Waals surface area contributed by atoms with Crippen LogP contribution in [0.2, 0.25) is 0 Å². The number of nitrogens with zero attached hydrogens (tertiary/aromatic N) is 3. The first-order valence-corrected chi connectivity index (χ1v) is 11.2. The Morgan fingerprint density at radius 2 is 1.63 bits per heavy atom. The van der Waals surface area contributed by atoms with E-state index >= 15 is 0 Å². The van der Waals surface area contributed by atoms with Gasteiger partial charge in [-0.25, -0.2) is 8.42 Å². The maximum Gasteiger partial charge on any atom is 0.246 e. The molecule has 0 aliphatic carbocycles. The molecule has 0 radical (unpaired) electrons. The summed E-state index contributed by atoms with van der Waals surface area (Å²) < 4.78 is 30.9. The average Bonchev–Trinajstić information content (AvgIpc) is 3.16. The molecular weight excluding hydrogens is 404 g/mol. The zero-order valence-corrected chi connectivity index (χ0v) is 18.1. The van der Waals surface area contributed by atoms with Crippen molar-refractivity contribution in [3.63, 3.8) is 0 Å². The second-order valence-electron chi connectivity index (χ2n) is 7.17. The van der Waals surface area contributed by atoms with E-state index in [2.05, 4.69) is 15.5 Å². The van der Waals surface area contributed by atoms with Gasteiger partial charge < -0.3 is 9.84 Å². The quantitative estimate of drug-likeness (QED) is 0.620. The van der Waals surface area contributed by atoms with Crippen molar-refractivity contribution in [2.45, 2.75) is 33.4 Å². The Labute approximate surface area is 176 Å². The molecular formula is C21H24N4O4S. The molecule has 0 saturated heterocycles. The summed E-state index contributed by atoms with van der Waals surface area (Å²) in [6, 6.07) is 13.6. The second kappa shape index (κ2) is 8.66. The van der Waals surface area contributed by atoms with Crippen molar-refractivity contribution in [3.05, 3.63) is 65.5 Å². The van der Waals surface area contributed by atoms with E-state index < -0.39 is 22.0 Å². The van der Waals surface area contributed by atoms with E-state index in [9.17, 15) is 13.2 Å². The third-order valence-corrected chi connectivity index (χ3v) is 5.81. The van der Waals surface area contributed by atoms with Crippen molar-refractivity contribution >= 4 is 21.6 Å². The predicted octanol–water partition coefficient (Wildman–Crippen LogP) is 2.82. The first-order valence-electron chi connectivity index (χ1n) is 9.38. The molecule has 0 saturated carbocycles. The Balaban J connectivity index is 1.70. The molecule has 1 heterocycles. The largest absolute Gasteiger partial charge is 0.345 e. The molecule has 0 fully saturated rings. The van der Waals surface area contributed by atoms with Crippen molar-refractivity contribution in [1.29, 1.82) is 0 Å². The summed E-state index contributed by atoms with van der Waals surface area (Å²) in [6.07, 6.45) is 1.07. The van der Waals surface area contributed by atoms with Gasteiger partial charge in [0.25, 0.3) is 0 Å². The van der Waals surface area contributed by atoms with Crippen LogP contribution in [0.1, 0.15) is 23.9 Å². The number of rotatable bonds is 7. The van der Waals surface area contributed by atoms with Crippen LogP contribution in [0, 0.1) is 13.8 Å². The van der Waals surface area contributed by atoms with Gasteiger partial charge in [-0.1, -0.05) is 52.7 Å². The van der Waals surface area contributed by atoms with Crippen LogP contribution in [0.5, 0.6) is 0 Å². The third kappa shape index (κ3) is 5.04. The highest BCUT2D eigenvalue weighted by molar-refractivity contribution is 7.92. The predicted molar refractivity (Wildman–Crippen MR) is 114 cm³/mol. The number of aryl methyl sites for hydroxylation is 2. The number of hydrogen-bond donors (Lipinski definition) is 1. The minimum atomic E-state index is -3.67. The number of carbonyl (C=O) groups excluding carboxylic acids is 1. The van der Waals surface area contributed by atoms with Crippen LogP contribution in [0.3, 0.4) is 0 Å². The third-order valence-electron chi connectivity index (χ3n) is 4.57. The molecule has 1 amide bonds. The Hall–Kier alpha value is -3.20. The number of sulfonamides is 1. The molecule has 0 aliphatic rings. The Morgan fingerprint density at radius 1 is 1.07 bits per heavy atom. The lowest BCUT2D eigenvalue weighted by molar-refractivity contribution is -0.122. The number of nitrogens with one attached hydrogen (secondary N) is 1. The minimum Gasteiger partial charge on any atom is -0.345 e. The molecule has 0 unspecified atom stereocenters. The zero-order chi connectivity index (χ0) is 21.9. The molecule has 1 aromatic heterocycles. The fourth-order valence-electron chi connectivity index (χ4n) is 2.96. The van der Waals surface area contributed by atoms with E-state index in [0.717, 1.165) is 27.3 Å². The van der Waals surface area contributed by atoms with Gasteiger partial charge in [-0.05, 0) is 32.9 Å². The standard InChI is InChI=1S/C21H24N4O4S/c1-14-5-9-17(10-6-14)20-23-19(29-24-20)13-22-21(26)16(3)25(30(4,27)28)18-11-7-15(2)8-12-18/h5-12,16H,13H2,1-4H3,(H,22,26)/t16-/m1/s1. The molecule has 3 rings (SSSR count). The van der Waals surface area contributed by atoms with Gasteiger partial charge in [-0.15, -0.1) is 0 Å². The first-order chi connectivity index (χ1) is 14.1. The lowest BCUT2D eigenvalue weighted by atomic mass is 10.1.